The molecule has 0 aliphatic rings. The molecule has 0 saturated carbocycles. The number of nitriles is 1. The molecule has 26 heavy (non-hydrogen) atoms. The number of hydrogen-bond acceptors (Lipinski definition) is 5. The highest BCUT2D eigenvalue weighted by atomic mass is 32.1. The van der Waals surface area contributed by atoms with Crippen molar-refractivity contribution in [2.45, 2.75) is 0 Å². The van der Waals surface area contributed by atoms with Crippen molar-refractivity contribution < 1.29 is 4.79 Å². The second-order valence-corrected chi connectivity index (χ2v) is 6.96. The van der Waals surface area contributed by atoms with E-state index in [2.05, 4.69) is 21.5 Å². The number of benzene rings is 2. The Hall–Kier alpha value is -3.22. The average molecular weight is 382 g/mol. The van der Waals surface area contributed by atoms with E-state index >= 15 is 0 Å². The molecule has 1 heterocycles. The summed E-state index contributed by atoms with van der Waals surface area (Å²) in [5, 5.41) is 12.7. The van der Waals surface area contributed by atoms with Crippen LogP contribution in [0.3, 0.4) is 0 Å². The van der Waals surface area contributed by atoms with E-state index in [4.69, 9.17) is 18.0 Å². The summed E-state index contributed by atoms with van der Waals surface area (Å²) >= 11 is 6.60. The first-order valence-electron chi connectivity index (χ1n) is 7.48. The van der Waals surface area contributed by atoms with Crippen LogP contribution in [0, 0.1) is 15.4 Å². The average Bonchev–Trinajstić information content (AvgIpc) is 3.01. The number of amides is 1. The Morgan fingerprint density at radius 1 is 1.35 bits per heavy atom. The van der Waals surface area contributed by atoms with E-state index in [0.717, 1.165) is 10.2 Å². The summed E-state index contributed by atoms with van der Waals surface area (Å²) in [7, 11) is 1.59. The number of anilines is 2. The first-order valence-corrected chi connectivity index (χ1v) is 8.70. The van der Waals surface area contributed by atoms with Gasteiger partial charge in [-0.25, -0.2) is 4.90 Å². The number of guanidine groups is 1. The van der Waals surface area contributed by atoms with Crippen LogP contribution in [0.15, 0.2) is 47.5 Å². The summed E-state index contributed by atoms with van der Waals surface area (Å²) in [6, 6.07) is 12.2. The highest BCUT2D eigenvalue weighted by molar-refractivity contribution is 7.73. The predicted octanol–water partition coefficient (Wildman–Crippen LogP) is 3.44. The zero-order valence-electron chi connectivity index (χ0n) is 13.7. The Kier molecular flexibility index (Phi) is 4.97. The number of aromatic nitrogens is 1. The smallest absolute Gasteiger partial charge is 0.248 e. The van der Waals surface area contributed by atoms with Crippen LogP contribution >= 0.6 is 23.6 Å². The van der Waals surface area contributed by atoms with E-state index in [9.17, 15) is 10.1 Å². The Balaban J connectivity index is 1.89. The van der Waals surface area contributed by atoms with E-state index in [1.165, 1.54) is 16.2 Å². The molecule has 9 heteroatoms. The molecule has 0 radical (unpaired) electrons. The van der Waals surface area contributed by atoms with Crippen LogP contribution in [0.25, 0.3) is 10.2 Å². The molecule has 0 unspecified atom stereocenters. The molecule has 0 aliphatic heterocycles. The van der Waals surface area contributed by atoms with Crippen molar-refractivity contribution in [2.24, 2.45) is 10.7 Å². The standard InChI is InChI=1S/C17H14N6OS2/c1-20-16(21-11-4-2-10(3-5-11)15(19)24)23(9-18)12-6-7-13-14(8-12)26-17(25)22-13/h2-8H,1H3,(H2,19,24)(H,20,21)(H,22,25). The lowest BCUT2D eigenvalue weighted by Crippen LogP contribution is -2.32. The molecular formula is C17H14N6OS2. The van der Waals surface area contributed by atoms with Crippen molar-refractivity contribution in [2.75, 3.05) is 17.3 Å². The largest absolute Gasteiger partial charge is 0.366 e. The number of nitrogens with two attached hydrogens (primary N) is 1. The van der Waals surface area contributed by atoms with Gasteiger partial charge in [-0.1, -0.05) is 0 Å². The van der Waals surface area contributed by atoms with Crippen LogP contribution in [-0.4, -0.2) is 23.9 Å². The normalized spacial score (nSPS) is 11.2. The molecule has 0 bridgehead atoms. The summed E-state index contributed by atoms with van der Waals surface area (Å²) in [5.74, 6) is -0.153. The molecule has 0 spiro atoms. The highest BCUT2D eigenvalue weighted by Crippen LogP contribution is 2.26. The minimum absolute atomic E-state index is 0.345. The van der Waals surface area contributed by atoms with Gasteiger partial charge >= 0.3 is 0 Å². The van der Waals surface area contributed by atoms with Gasteiger partial charge in [-0.15, -0.1) is 11.3 Å². The number of aromatic amines is 1. The minimum atomic E-state index is -0.498. The van der Waals surface area contributed by atoms with Gasteiger partial charge in [0.15, 0.2) is 10.1 Å². The molecule has 1 amide bonds. The summed E-state index contributed by atoms with van der Waals surface area (Å²) < 4.78 is 1.63. The van der Waals surface area contributed by atoms with Crippen LogP contribution in [0.5, 0.6) is 0 Å². The summed E-state index contributed by atoms with van der Waals surface area (Å²) in [6.45, 7) is 0. The van der Waals surface area contributed by atoms with Crippen molar-refractivity contribution >= 4 is 57.0 Å². The molecule has 0 saturated heterocycles. The zero-order chi connectivity index (χ0) is 18.7. The Morgan fingerprint density at radius 3 is 2.69 bits per heavy atom. The maximum atomic E-state index is 11.2. The van der Waals surface area contributed by atoms with E-state index in [1.807, 2.05) is 18.2 Å². The second kappa shape index (κ2) is 7.35. The SMILES string of the molecule is CN=C(Nc1ccc(C(N)=O)cc1)N(C#N)c1ccc2[nH]c(=S)sc2c1. The van der Waals surface area contributed by atoms with Crippen molar-refractivity contribution in [1.29, 1.82) is 5.26 Å². The number of nitrogens with one attached hydrogen (secondary N) is 2. The molecule has 3 rings (SSSR count). The van der Waals surface area contributed by atoms with Gasteiger partial charge in [-0.2, -0.15) is 5.26 Å². The number of thiazole rings is 1. The first kappa shape index (κ1) is 17.6. The Labute approximate surface area is 158 Å². The zero-order valence-corrected chi connectivity index (χ0v) is 15.3. The molecule has 7 nitrogen and oxygen atoms in total. The predicted molar refractivity (Wildman–Crippen MR) is 107 cm³/mol. The van der Waals surface area contributed by atoms with Crippen LogP contribution in [0.2, 0.25) is 0 Å². The molecule has 0 atom stereocenters. The number of nitrogens with zero attached hydrogens (tertiary/aromatic N) is 3. The van der Waals surface area contributed by atoms with Crippen molar-refractivity contribution in [3.8, 4) is 6.19 Å². The highest BCUT2D eigenvalue weighted by Gasteiger charge is 2.14. The molecule has 0 aliphatic carbocycles. The van der Waals surface area contributed by atoms with Gasteiger partial charge in [0.25, 0.3) is 0 Å². The number of carbonyl (C=O) groups excluding carboxylic acids is 1. The van der Waals surface area contributed by atoms with E-state index in [1.54, 1.807) is 31.3 Å². The van der Waals surface area contributed by atoms with E-state index in [-0.39, 0.29) is 0 Å². The molecule has 130 valence electrons. The monoisotopic (exact) mass is 382 g/mol. The van der Waals surface area contributed by atoms with Gasteiger partial charge in [0.05, 0.1) is 15.9 Å². The molecule has 0 fully saturated rings. The number of aliphatic imine (C=N–C) groups is 1. The third-order valence-electron chi connectivity index (χ3n) is 3.61. The van der Waals surface area contributed by atoms with Crippen molar-refractivity contribution in [3.05, 3.63) is 52.0 Å². The second-order valence-electron chi connectivity index (χ2n) is 5.24. The van der Waals surface area contributed by atoms with Gasteiger partial charge in [0, 0.05) is 18.3 Å². The topological polar surface area (TPSA) is 110 Å². The van der Waals surface area contributed by atoms with Crippen LogP contribution < -0.4 is 16.0 Å². The van der Waals surface area contributed by atoms with Crippen LogP contribution in [-0.2, 0) is 0 Å². The lowest BCUT2D eigenvalue weighted by molar-refractivity contribution is 0.100. The number of primary amides is 1. The first-order chi connectivity index (χ1) is 12.5. The molecular weight excluding hydrogens is 368 g/mol. The summed E-state index contributed by atoms with van der Waals surface area (Å²) in [5.41, 5.74) is 7.90. The molecule has 2 aromatic carbocycles. The lowest BCUT2D eigenvalue weighted by Gasteiger charge is -2.19. The van der Waals surface area contributed by atoms with E-state index in [0.29, 0.717) is 26.9 Å². The maximum absolute atomic E-state index is 11.2. The van der Waals surface area contributed by atoms with Gasteiger partial charge in [-0.05, 0) is 54.7 Å². The minimum Gasteiger partial charge on any atom is -0.366 e. The third-order valence-corrected chi connectivity index (χ3v) is 4.81. The fraction of sp³-hybridized carbons (Fsp3) is 0.0588. The van der Waals surface area contributed by atoms with Crippen molar-refractivity contribution in [1.82, 2.24) is 4.98 Å². The fourth-order valence-electron chi connectivity index (χ4n) is 2.36. The van der Waals surface area contributed by atoms with Crippen LogP contribution in [0.4, 0.5) is 11.4 Å². The summed E-state index contributed by atoms with van der Waals surface area (Å²) in [6.07, 6.45) is 2.13. The van der Waals surface area contributed by atoms with Gasteiger partial charge in [0.1, 0.15) is 0 Å². The maximum Gasteiger partial charge on any atom is 0.248 e. The third kappa shape index (κ3) is 3.56. The summed E-state index contributed by atoms with van der Waals surface area (Å²) in [4.78, 5) is 19.8. The fourth-order valence-corrected chi connectivity index (χ4v) is 3.51. The van der Waals surface area contributed by atoms with Gasteiger partial charge in [-0.3, -0.25) is 9.79 Å². The molecule has 1 aromatic heterocycles. The van der Waals surface area contributed by atoms with Crippen molar-refractivity contribution in [3.63, 3.8) is 0 Å². The number of H-pyrrole nitrogens is 1. The van der Waals surface area contributed by atoms with Gasteiger partial charge in [0.2, 0.25) is 11.9 Å². The Bertz CT molecular complexity index is 1090. The molecule has 4 N–H and O–H groups in total. The lowest BCUT2D eigenvalue weighted by atomic mass is 10.2. The quantitative estimate of drug-likeness (QED) is 0.211. The van der Waals surface area contributed by atoms with E-state index < -0.39 is 5.91 Å². The Morgan fingerprint density at radius 2 is 2.08 bits per heavy atom. The number of hydrogen-bond donors (Lipinski definition) is 3. The van der Waals surface area contributed by atoms with Crippen LogP contribution in [0.1, 0.15) is 10.4 Å². The number of rotatable bonds is 3. The van der Waals surface area contributed by atoms with Gasteiger partial charge < -0.3 is 16.0 Å². The number of fused-ring (bicyclic) bond motifs is 1. The molecule has 3 aromatic rings. The number of carbonyl (C=O) groups is 1.